The third-order valence-electron chi connectivity index (χ3n) is 7.59. The van der Waals surface area contributed by atoms with Crippen LogP contribution in [0, 0.1) is 15.9 Å². The SMILES string of the molecule is CC(C)(C)[Si](OC[C@H](COCc1ccccc1)n1nnnc1-c1cccc([N+](=O)[O-])c1F)(c1ccccc1)c1ccccc1. The van der Waals surface area contributed by atoms with Crippen molar-refractivity contribution in [2.45, 2.75) is 38.5 Å². The lowest BCUT2D eigenvalue weighted by Crippen LogP contribution is -2.67. The highest BCUT2D eigenvalue weighted by molar-refractivity contribution is 6.99. The second-order valence-corrected chi connectivity index (χ2v) is 15.8. The maximum atomic E-state index is 15.4. The van der Waals surface area contributed by atoms with Crippen molar-refractivity contribution in [3.63, 3.8) is 0 Å². The molecule has 1 aromatic heterocycles. The zero-order valence-corrected chi connectivity index (χ0v) is 25.8. The first-order valence-corrected chi connectivity index (χ1v) is 16.2. The van der Waals surface area contributed by atoms with E-state index in [0.717, 1.165) is 22.0 Å². The molecular formula is C33H34FN5O4Si. The number of rotatable bonds is 12. The Morgan fingerprint density at radius 3 is 2.02 bits per heavy atom. The molecule has 0 amide bonds. The highest BCUT2D eigenvalue weighted by Gasteiger charge is 2.50. The predicted molar refractivity (Wildman–Crippen MR) is 169 cm³/mol. The molecule has 11 heteroatoms. The van der Waals surface area contributed by atoms with E-state index < -0.39 is 30.8 Å². The fourth-order valence-corrected chi connectivity index (χ4v) is 10.1. The van der Waals surface area contributed by atoms with E-state index >= 15 is 4.39 Å². The minimum Gasteiger partial charge on any atom is -0.405 e. The van der Waals surface area contributed by atoms with E-state index in [4.69, 9.17) is 9.16 Å². The average molecular weight is 612 g/mol. The molecule has 0 aliphatic carbocycles. The fraction of sp³-hybridized carbons (Fsp3) is 0.242. The van der Waals surface area contributed by atoms with Gasteiger partial charge in [-0.05, 0) is 37.5 Å². The van der Waals surface area contributed by atoms with Crippen LogP contribution in [0.5, 0.6) is 0 Å². The Morgan fingerprint density at radius 2 is 1.45 bits per heavy atom. The molecule has 0 saturated carbocycles. The molecule has 0 saturated heterocycles. The summed E-state index contributed by atoms with van der Waals surface area (Å²) in [6.07, 6.45) is 0. The summed E-state index contributed by atoms with van der Waals surface area (Å²) in [5.74, 6) is -0.962. The van der Waals surface area contributed by atoms with Crippen LogP contribution in [0.2, 0.25) is 5.04 Å². The summed E-state index contributed by atoms with van der Waals surface area (Å²) in [4.78, 5) is 10.7. The van der Waals surface area contributed by atoms with Crippen LogP contribution < -0.4 is 10.4 Å². The molecule has 0 radical (unpaired) electrons. The van der Waals surface area contributed by atoms with Crippen molar-refractivity contribution in [1.82, 2.24) is 20.2 Å². The van der Waals surface area contributed by atoms with Crippen LogP contribution in [0.4, 0.5) is 10.1 Å². The summed E-state index contributed by atoms with van der Waals surface area (Å²) in [5.41, 5.74) is 0.251. The van der Waals surface area contributed by atoms with Crippen LogP contribution in [0.25, 0.3) is 11.4 Å². The van der Waals surface area contributed by atoms with E-state index in [2.05, 4.69) is 60.6 Å². The molecule has 0 fully saturated rings. The topological polar surface area (TPSA) is 105 Å². The summed E-state index contributed by atoms with van der Waals surface area (Å²) in [6, 6.07) is 33.5. The summed E-state index contributed by atoms with van der Waals surface area (Å²) < 4.78 is 30.2. The Hall–Kier alpha value is -4.58. The van der Waals surface area contributed by atoms with Crippen LogP contribution in [0.3, 0.4) is 0 Å². The largest absolute Gasteiger partial charge is 0.405 e. The Balaban J connectivity index is 1.56. The van der Waals surface area contributed by atoms with Crippen molar-refractivity contribution >= 4 is 24.4 Å². The van der Waals surface area contributed by atoms with Gasteiger partial charge in [-0.15, -0.1) is 5.10 Å². The third-order valence-corrected chi connectivity index (χ3v) is 12.6. The van der Waals surface area contributed by atoms with Gasteiger partial charge in [0.15, 0.2) is 5.82 Å². The van der Waals surface area contributed by atoms with Gasteiger partial charge in [0, 0.05) is 6.07 Å². The zero-order chi connectivity index (χ0) is 31.2. The second-order valence-electron chi connectivity index (χ2n) is 11.5. The number of nitro groups is 1. The number of aromatic nitrogens is 4. The lowest BCUT2D eigenvalue weighted by molar-refractivity contribution is -0.387. The van der Waals surface area contributed by atoms with Gasteiger partial charge in [-0.1, -0.05) is 118 Å². The molecule has 0 N–H and O–H groups in total. The van der Waals surface area contributed by atoms with Crippen molar-refractivity contribution in [3.05, 3.63) is 131 Å². The van der Waals surface area contributed by atoms with Crippen molar-refractivity contribution in [3.8, 4) is 11.4 Å². The molecule has 0 bridgehead atoms. The summed E-state index contributed by atoms with van der Waals surface area (Å²) in [7, 11) is -2.96. The summed E-state index contributed by atoms with van der Waals surface area (Å²) >= 11 is 0. The van der Waals surface area contributed by atoms with Gasteiger partial charge in [-0.2, -0.15) is 4.39 Å². The predicted octanol–water partition coefficient (Wildman–Crippen LogP) is 5.72. The van der Waals surface area contributed by atoms with E-state index in [0.29, 0.717) is 6.61 Å². The monoisotopic (exact) mass is 611 g/mol. The average Bonchev–Trinajstić information content (AvgIpc) is 3.51. The van der Waals surface area contributed by atoms with Crippen LogP contribution in [-0.4, -0.2) is 46.7 Å². The number of hydrogen-bond acceptors (Lipinski definition) is 7. The number of ether oxygens (including phenoxy) is 1. The van der Waals surface area contributed by atoms with Gasteiger partial charge in [-0.3, -0.25) is 10.1 Å². The maximum absolute atomic E-state index is 15.4. The molecule has 44 heavy (non-hydrogen) atoms. The van der Waals surface area contributed by atoms with Gasteiger partial charge in [0.2, 0.25) is 5.82 Å². The van der Waals surface area contributed by atoms with E-state index in [9.17, 15) is 10.1 Å². The van der Waals surface area contributed by atoms with Gasteiger partial charge >= 0.3 is 5.69 Å². The smallest absolute Gasteiger partial charge is 0.305 e. The van der Waals surface area contributed by atoms with Crippen LogP contribution in [-0.2, 0) is 15.8 Å². The van der Waals surface area contributed by atoms with Gasteiger partial charge in [0.1, 0.15) is 6.04 Å². The quantitative estimate of drug-likeness (QED) is 0.101. The molecule has 0 aliphatic heterocycles. The molecule has 226 valence electrons. The van der Waals surface area contributed by atoms with Gasteiger partial charge in [0.25, 0.3) is 8.32 Å². The summed E-state index contributed by atoms with van der Waals surface area (Å²) in [5, 5.41) is 25.5. The molecule has 9 nitrogen and oxygen atoms in total. The zero-order valence-electron chi connectivity index (χ0n) is 24.8. The lowest BCUT2D eigenvalue weighted by atomic mass is 10.1. The summed E-state index contributed by atoms with van der Waals surface area (Å²) in [6.45, 7) is 7.15. The van der Waals surface area contributed by atoms with Crippen molar-refractivity contribution in [2.75, 3.05) is 13.2 Å². The molecule has 0 spiro atoms. The van der Waals surface area contributed by atoms with E-state index in [1.54, 1.807) is 0 Å². The molecule has 0 aliphatic rings. The van der Waals surface area contributed by atoms with Crippen LogP contribution in [0.15, 0.2) is 109 Å². The Labute approximate surface area is 256 Å². The van der Waals surface area contributed by atoms with Crippen molar-refractivity contribution in [2.24, 2.45) is 0 Å². The standard InChI is InChI=1S/C33H34FN5O4Si/c1-33(2,3)44(27-16-9-5-10-17-27,28-18-11-6-12-19-28)43-24-26(23-42-22-25-14-7-4-8-15-25)38-32(35-36-37-38)29-20-13-21-30(31(29)34)39(40)41/h4-21,26H,22-24H2,1-3H3/t26-/m0/s1. The van der Waals surface area contributed by atoms with Crippen LogP contribution >= 0.6 is 0 Å². The van der Waals surface area contributed by atoms with E-state index in [-0.39, 0.29) is 29.6 Å². The van der Waals surface area contributed by atoms with E-state index in [1.807, 2.05) is 66.7 Å². The van der Waals surface area contributed by atoms with Crippen LogP contribution in [0.1, 0.15) is 32.4 Å². The van der Waals surface area contributed by atoms with Gasteiger partial charge in [-0.25, -0.2) is 4.68 Å². The van der Waals surface area contributed by atoms with E-state index in [1.165, 1.54) is 16.8 Å². The maximum Gasteiger partial charge on any atom is 0.305 e. The Bertz CT molecular complexity index is 1640. The van der Waals surface area contributed by atoms with Crippen molar-refractivity contribution in [1.29, 1.82) is 0 Å². The first-order chi connectivity index (χ1) is 21.2. The number of tetrazole rings is 1. The molecule has 0 unspecified atom stereocenters. The lowest BCUT2D eigenvalue weighted by Gasteiger charge is -2.43. The first kappa shape index (κ1) is 30.9. The highest BCUT2D eigenvalue weighted by Crippen LogP contribution is 2.37. The molecule has 4 aromatic carbocycles. The van der Waals surface area contributed by atoms with Gasteiger partial charge in [0.05, 0.1) is 30.3 Å². The number of benzene rings is 4. The minimum atomic E-state index is -2.96. The van der Waals surface area contributed by atoms with Gasteiger partial charge < -0.3 is 9.16 Å². The minimum absolute atomic E-state index is 0.0468. The number of halogens is 1. The molecular weight excluding hydrogens is 577 g/mol. The highest BCUT2D eigenvalue weighted by atomic mass is 28.4. The number of nitro benzene ring substituents is 1. The fourth-order valence-electron chi connectivity index (χ4n) is 5.51. The molecule has 1 heterocycles. The number of nitrogens with zero attached hydrogens (tertiary/aromatic N) is 5. The number of hydrogen-bond donors (Lipinski definition) is 0. The molecule has 5 aromatic rings. The third kappa shape index (κ3) is 6.35. The molecule has 5 rings (SSSR count). The Morgan fingerprint density at radius 1 is 0.864 bits per heavy atom. The molecule has 1 atom stereocenters. The second kappa shape index (κ2) is 13.4. The first-order valence-electron chi connectivity index (χ1n) is 14.3. The Kier molecular flexibility index (Phi) is 9.38. The normalized spacial score (nSPS) is 12.6. The van der Waals surface area contributed by atoms with Crippen molar-refractivity contribution < 1.29 is 18.5 Å².